The second-order valence-electron chi connectivity index (χ2n) is 0.365. The zero-order valence-electron chi connectivity index (χ0n) is 6.84. The van der Waals surface area contributed by atoms with Crippen LogP contribution in [0.4, 0.5) is 0 Å². The van der Waals surface area contributed by atoms with E-state index in [1.54, 1.807) is 0 Å². The van der Waals surface area contributed by atoms with E-state index in [0.29, 0.717) is 25.9 Å². The van der Waals surface area contributed by atoms with Crippen LogP contribution in [-0.2, 0) is 19.2 Å². The Kier molecular flexibility index (Phi) is 317. The third-order valence-electron chi connectivity index (χ3n) is 0. The van der Waals surface area contributed by atoms with Crippen LogP contribution in [0.2, 0.25) is 0 Å². The summed E-state index contributed by atoms with van der Waals surface area (Å²) in [4.78, 5) is 32.9. The molecule has 0 aliphatic rings. The zero-order chi connectivity index (χ0) is 10.8. The largest absolute Gasteiger partial charge is 2.00 e. The third-order valence-corrected chi connectivity index (χ3v) is 0. The first-order chi connectivity index (χ1) is 5.66. The number of rotatable bonds is 0. The molecule has 0 heterocycles. The molecule has 0 aliphatic heterocycles. The van der Waals surface area contributed by atoms with Crippen molar-refractivity contribution >= 4 is 86.7 Å². The van der Waals surface area contributed by atoms with Crippen LogP contribution in [0.25, 0.3) is 0 Å². The van der Waals surface area contributed by atoms with Gasteiger partial charge in [-0.3, -0.25) is 0 Å². The maximum atomic E-state index is 8.24. The summed E-state index contributed by atoms with van der Waals surface area (Å²) in [6.45, 7) is 2.00. The SMILES string of the molecule is O=[C-]O.O=[C-]O.O=[C-]O.O=[C-]O.[Ca+2].[Mg+2]. The molecule has 0 bridgehead atoms. The predicted molar refractivity (Wildman–Crippen MR) is 44.8 cm³/mol. The van der Waals surface area contributed by atoms with Gasteiger partial charge in [-0.15, -0.1) is 0 Å². The van der Waals surface area contributed by atoms with Crippen molar-refractivity contribution in [2.45, 2.75) is 0 Å². The van der Waals surface area contributed by atoms with E-state index in [9.17, 15) is 0 Å². The van der Waals surface area contributed by atoms with E-state index in [0.717, 1.165) is 0 Å². The Morgan fingerprint density at radius 2 is 0.571 bits per heavy atom. The van der Waals surface area contributed by atoms with Crippen LogP contribution in [0.1, 0.15) is 0 Å². The maximum absolute atomic E-state index is 8.24. The monoisotopic (exact) mass is 244 g/mol. The normalized spacial score (nSPS) is 3.43. The Morgan fingerprint density at radius 3 is 0.571 bits per heavy atom. The topological polar surface area (TPSA) is 149 Å². The van der Waals surface area contributed by atoms with Crippen LogP contribution in [0, 0.1) is 0 Å². The minimum Gasteiger partial charge on any atom is -0.665 e. The van der Waals surface area contributed by atoms with Gasteiger partial charge in [0.25, 0.3) is 0 Å². The maximum Gasteiger partial charge on any atom is 2.00 e. The average molecular weight is 244 g/mol. The fourth-order valence-electron chi connectivity index (χ4n) is 0. The molecule has 0 aromatic heterocycles. The van der Waals surface area contributed by atoms with Crippen molar-refractivity contribution in [1.82, 2.24) is 0 Å². The summed E-state index contributed by atoms with van der Waals surface area (Å²) >= 11 is 0. The van der Waals surface area contributed by atoms with Crippen LogP contribution in [0.15, 0.2) is 0 Å². The van der Waals surface area contributed by atoms with Gasteiger partial charge >= 0.3 is 60.8 Å². The van der Waals surface area contributed by atoms with E-state index >= 15 is 0 Å². The van der Waals surface area contributed by atoms with Gasteiger partial charge in [-0.2, -0.15) is 0 Å². The number of aliphatic hydroxyl groups excluding tert-OH is 4. The van der Waals surface area contributed by atoms with Crippen LogP contribution in [0.5, 0.6) is 0 Å². The third kappa shape index (κ3) is 160000. The van der Waals surface area contributed by atoms with E-state index in [1.807, 2.05) is 0 Å². The van der Waals surface area contributed by atoms with E-state index < -0.39 is 0 Å². The van der Waals surface area contributed by atoms with Gasteiger partial charge in [0, 0.05) is 0 Å². The summed E-state index contributed by atoms with van der Waals surface area (Å²) in [5, 5.41) is 27.1. The molecule has 0 aliphatic carbocycles. The Morgan fingerprint density at radius 1 is 0.571 bits per heavy atom. The van der Waals surface area contributed by atoms with Crippen molar-refractivity contribution in [2.75, 3.05) is 0 Å². The van der Waals surface area contributed by atoms with E-state index in [4.69, 9.17) is 39.6 Å². The van der Waals surface area contributed by atoms with Crippen molar-refractivity contribution in [3.8, 4) is 0 Å². The first-order valence-corrected chi connectivity index (χ1v) is 1.71. The van der Waals surface area contributed by atoms with Crippen LogP contribution >= 0.6 is 0 Å². The minimum atomic E-state index is 0. The molecule has 4 N–H and O–H groups in total. The Labute approximate surface area is 125 Å². The molecule has 0 radical (unpaired) electrons. The van der Waals surface area contributed by atoms with E-state index in [2.05, 4.69) is 0 Å². The predicted octanol–water partition coefficient (Wildman–Crippen LogP) is -2.32. The van der Waals surface area contributed by atoms with Crippen molar-refractivity contribution in [3.05, 3.63) is 0 Å². The van der Waals surface area contributed by atoms with Gasteiger partial charge in [0.15, 0.2) is 0 Å². The van der Waals surface area contributed by atoms with Crippen LogP contribution in [0.3, 0.4) is 0 Å². The van der Waals surface area contributed by atoms with Crippen LogP contribution in [-0.4, -0.2) is 107 Å². The molecule has 8 nitrogen and oxygen atoms in total. The van der Waals surface area contributed by atoms with Crippen molar-refractivity contribution in [2.24, 2.45) is 0 Å². The Bertz CT molecular complexity index is 75.3. The number of hydrogen-bond donors (Lipinski definition) is 4. The molecule has 0 fully saturated rings. The molecular formula is C4H4CaMgO8. The molecule has 0 amide bonds. The van der Waals surface area contributed by atoms with Gasteiger partial charge in [0.05, 0.1) is 0 Å². The summed E-state index contributed by atoms with van der Waals surface area (Å²) in [5.41, 5.74) is 0. The summed E-state index contributed by atoms with van der Waals surface area (Å²) in [7, 11) is 0. The molecule has 0 spiro atoms. The summed E-state index contributed by atoms with van der Waals surface area (Å²) < 4.78 is 0. The van der Waals surface area contributed by atoms with Gasteiger partial charge in [-0.1, -0.05) is 25.9 Å². The Balaban J connectivity index is -0.0000000145. The van der Waals surface area contributed by atoms with E-state index in [-0.39, 0.29) is 60.8 Å². The van der Waals surface area contributed by atoms with Gasteiger partial charge in [0.2, 0.25) is 0 Å². The van der Waals surface area contributed by atoms with Crippen molar-refractivity contribution in [3.63, 3.8) is 0 Å². The molecule has 10 heteroatoms. The summed E-state index contributed by atoms with van der Waals surface area (Å²) in [6.07, 6.45) is 0. The molecule has 0 saturated carbocycles. The molecule has 0 saturated heterocycles. The van der Waals surface area contributed by atoms with Crippen molar-refractivity contribution < 1.29 is 39.6 Å². The van der Waals surface area contributed by atoms with Gasteiger partial charge in [-0.25, -0.2) is 0 Å². The summed E-state index contributed by atoms with van der Waals surface area (Å²) in [6, 6.07) is 0. The molecule has 0 aromatic carbocycles. The second kappa shape index (κ2) is 120. The van der Waals surface area contributed by atoms with Crippen LogP contribution < -0.4 is 0 Å². The van der Waals surface area contributed by atoms with Gasteiger partial charge in [0.1, 0.15) is 0 Å². The quantitative estimate of drug-likeness (QED) is 0.274. The molecule has 0 rings (SSSR count). The molecule has 72 valence electrons. The first kappa shape index (κ1) is 37.1. The number of hydrogen-bond acceptors (Lipinski definition) is 4. The molecule has 14 heavy (non-hydrogen) atoms. The summed E-state index contributed by atoms with van der Waals surface area (Å²) in [5.74, 6) is 0. The smallest absolute Gasteiger partial charge is 0.665 e. The minimum absolute atomic E-state index is 0. The molecule has 0 aromatic rings. The molecule has 0 atom stereocenters. The van der Waals surface area contributed by atoms with Gasteiger partial charge in [-0.05, 0) is 0 Å². The molecular weight excluding hydrogens is 240 g/mol. The molecule has 0 unspecified atom stereocenters. The fourth-order valence-corrected chi connectivity index (χ4v) is 0. The average Bonchev–Trinajstić information content (AvgIpc) is 1.92. The van der Waals surface area contributed by atoms with Gasteiger partial charge < -0.3 is 39.6 Å². The standard InChI is InChI=1S/4CHO2.Ca.Mg/c4*2-1-3;;/h4*(H,2,3);;/q4*-1;2*+2. The van der Waals surface area contributed by atoms with Crippen molar-refractivity contribution in [1.29, 1.82) is 0 Å². The van der Waals surface area contributed by atoms with E-state index in [1.165, 1.54) is 0 Å². The first-order valence-electron chi connectivity index (χ1n) is 1.71. The Hall–Kier alpha value is -0.0940. The fraction of sp³-hybridized carbons (Fsp3) is 0. The zero-order valence-corrected chi connectivity index (χ0v) is 10.5. The second-order valence-corrected chi connectivity index (χ2v) is 0.365.